The molecule has 1 N–H and O–H groups in total. The molecule has 2 heterocycles. The molecule has 96 valence electrons. The molecule has 0 spiro atoms. The standard InChI is InChI=1S/C13H17N3O2/c1-15-7-10(6-14-15)2-5-12(17)16-8-13(18,9-16)11-3-4-11/h2,5-7,11,18H,3-4,8-9H2,1H3. The molecule has 18 heavy (non-hydrogen) atoms. The Hall–Kier alpha value is -1.62. The van der Waals surface area contributed by atoms with Gasteiger partial charge in [-0.2, -0.15) is 5.10 Å². The van der Waals surface area contributed by atoms with Gasteiger partial charge < -0.3 is 10.0 Å². The third-order valence-corrected chi connectivity index (χ3v) is 3.72. The Bertz CT molecular complexity index is 496. The molecule has 2 fully saturated rings. The maximum atomic E-state index is 11.8. The van der Waals surface area contributed by atoms with Crippen LogP contribution in [0.4, 0.5) is 0 Å². The molecule has 5 nitrogen and oxygen atoms in total. The molecule has 1 aromatic heterocycles. The van der Waals surface area contributed by atoms with E-state index in [0.29, 0.717) is 19.0 Å². The molecule has 1 aliphatic heterocycles. The molecule has 1 amide bonds. The summed E-state index contributed by atoms with van der Waals surface area (Å²) >= 11 is 0. The van der Waals surface area contributed by atoms with Crippen LogP contribution in [0.1, 0.15) is 18.4 Å². The number of hydrogen-bond donors (Lipinski definition) is 1. The molecule has 0 unspecified atom stereocenters. The Balaban J connectivity index is 1.55. The fraction of sp³-hybridized carbons (Fsp3) is 0.538. The number of aromatic nitrogens is 2. The maximum absolute atomic E-state index is 11.8. The van der Waals surface area contributed by atoms with Gasteiger partial charge in [-0.05, 0) is 24.8 Å². The number of rotatable bonds is 3. The number of aliphatic hydroxyl groups is 1. The van der Waals surface area contributed by atoms with Crippen molar-refractivity contribution in [2.45, 2.75) is 18.4 Å². The second-order valence-electron chi connectivity index (χ2n) is 5.35. The molecule has 1 saturated carbocycles. The first-order valence-corrected chi connectivity index (χ1v) is 6.25. The van der Waals surface area contributed by atoms with Crippen LogP contribution in [0.5, 0.6) is 0 Å². The topological polar surface area (TPSA) is 58.4 Å². The van der Waals surface area contributed by atoms with Crippen molar-refractivity contribution in [3.63, 3.8) is 0 Å². The van der Waals surface area contributed by atoms with Crippen LogP contribution in [0.25, 0.3) is 6.08 Å². The smallest absolute Gasteiger partial charge is 0.246 e. The Kier molecular flexibility index (Phi) is 2.52. The van der Waals surface area contributed by atoms with Gasteiger partial charge >= 0.3 is 0 Å². The minimum Gasteiger partial charge on any atom is -0.386 e. The van der Waals surface area contributed by atoms with Crippen molar-refractivity contribution in [1.82, 2.24) is 14.7 Å². The van der Waals surface area contributed by atoms with Gasteiger partial charge in [-0.3, -0.25) is 9.48 Å². The average molecular weight is 247 g/mol. The predicted molar refractivity (Wildman–Crippen MR) is 66.5 cm³/mol. The van der Waals surface area contributed by atoms with Crippen LogP contribution in [-0.2, 0) is 11.8 Å². The largest absolute Gasteiger partial charge is 0.386 e. The van der Waals surface area contributed by atoms with E-state index in [1.165, 1.54) is 0 Å². The molecule has 0 bridgehead atoms. The second-order valence-corrected chi connectivity index (χ2v) is 5.35. The summed E-state index contributed by atoms with van der Waals surface area (Å²) in [5.41, 5.74) is 0.307. The van der Waals surface area contributed by atoms with Gasteiger partial charge in [0, 0.05) is 24.9 Å². The highest BCUT2D eigenvalue weighted by atomic mass is 16.3. The van der Waals surface area contributed by atoms with Gasteiger partial charge in [0.2, 0.25) is 5.91 Å². The minimum absolute atomic E-state index is 0.0378. The second kappa shape index (κ2) is 3.95. The van der Waals surface area contributed by atoms with Crippen LogP contribution in [0, 0.1) is 5.92 Å². The van der Waals surface area contributed by atoms with Gasteiger partial charge in [-0.1, -0.05) is 0 Å². The summed E-state index contributed by atoms with van der Waals surface area (Å²) in [6.45, 7) is 0.960. The van der Waals surface area contributed by atoms with E-state index in [-0.39, 0.29) is 5.91 Å². The zero-order valence-electron chi connectivity index (χ0n) is 10.4. The highest BCUT2D eigenvalue weighted by Crippen LogP contribution is 2.44. The minimum atomic E-state index is -0.599. The van der Waals surface area contributed by atoms with Crippen LogP contribution in [-0.4, -0.2) is 44.4 Å². The fourth-order valence-electron chi connectivity index (χ4n) is 2.45. The lowest BCUT2D eigenvalue weighted by atomic mass is 9.88. The highest BCUT2D eigenvalue weighted by molar-refractivity contribution is 5.92. The van der Waals surface area contributed by atoms with E-state index in [1.807, 2.05) is 13.2 Å². The van der Waals surface area contributed by atoms with Crippen molar-refractivity contribution in [2.75, 3.05) is 13.1 Å². The quantitative estimate of drug-likeness (QED) is 0.787. The Morgan fingerprint density at radius 1 is 1.56 bits per heavy atom. The fourth-order valence-corrected chi connectivity index (χ4v) is 2.45. The van der Waals surface area contributed by atoms with E-state index in [1.54, 1.807) is 27.9 Å². The Morgan fingerprint density at radius 3 is 2.83 bits per heavy atom. The van der Waals surface area contributed by atoms with Crippen molar-refractivity contribution in [2.24, 2.45) is 13.0 Å². The number of carbonyl (C=O) groups is 1. The molecule has 1 saturated heterocycles. The zero-order valence-corrected chi connectivity index (χ0v) is 10.4. The number of carbonyl (C=O) groups excluding carboxylic acids is 1. The first-order valence-electron chi connectivity index (χ1n) is 6.25. The molecule has 1 aliphatic carbocycles. The molecule has 2 aliphatic rings. The van der Waals surface area contributed by atoms with E-state index in [4.69, 9.17) is 0 Å². The molecule has 0 aromatic carbocycles. The van der Waals surface area contributed by atoms with Crippen molar-refractivity contribution in [1.29, 1.82) is 0 Å². The van der Waals surface area contributed by atoms with Gasteiger partial charge in [0.25, 0.3) is 0 Å². The van der Waals surface area contributed by atoms with E-state index in [0.717, 1.165) is 18.4 Å². The van der Waals surface area contributed by atoms with E-state index >= 15 is 0 Å². The molecular weight excluding hydrogens is 230 g/mol. The van der Waals surface area contributed by atoms with Crippen LogP contribution < -0.4 is 0 Å². The lowest BCUT2D eigenvalue weighted by molar-refractivity contribution is -0.154. The molecule has 3 rings (SSSR count). The van der Waals surface area contributed by atoms with Gasteiger partial charge in [0.1, 0.15) is 5.60 Å². The lowest BCUT2D eigenvalue weighted by Crippen LogP contribution is -2.64. The first-order chi connectivity index (χ1) is 8.57. The summed E-state index contributed by atoms with van der Waals surface area (Å²) in [7, 11) is 1.84. The van der Waals surface area contributed by atoms with Gasteiger partial charge in [-0.15, -0.1) is 0 Å². The number of amides is 1. The van der Waals surface area contributed by atoms with Crippen molar-refractivity contribution in [3.05, 3.63) is 24.0 Å². The van der Waals surface area contributed by atoms with E-state index in [2.05, 4.69) is 5.10 Å². The third-order valence-electron chi connectivity index (χ3n) is 3.72. The van der Waals surface area contributed by atoms with Crippen LogP contribution in [0.3, 0.4) is 0 Å². The number of aryl methyl sites for hydroxylation is 1. The van der Waals surface area contributed by atoms with E-state index < -0.39 is 5.60 Å². The summed E-state index contributed by atoms with van der Waals surface area (Å²) < 4.78 is 1.69. The summed E-state index contributed by atoms with van der Waals surface area (Å²) in [5, 5.41) is 14.2. The van der Waals surface area contributed by atoms with E-state index in [9.17, 15) is 9.90 Å². The number of likely N-dealkylation sites (tertiary alicyclic amines) is 1. The Morgan fingerprint density at radius 2 is 2.28 bits per heavy atom. The van der Waals surface area contributed by atoms with Crippen LogP contribution in [0.2, 0.25) is 0 Å². The monoisotopic (exact) mass is 247 g/mol. The van der Waals surface area contributed by atoms with Crippen LogP contribution >= 0.6 is 0 Å². The lowest BCUT2D eigenvalue weighted by Gasteiger charge is -2.46. The first kappa shape index (κ1) is 11.5. The SMILES string of the molecule is Cn1cc(C=CC(=O)N2CC(O)(C3CC3)C2)cn1. The van der Waals surface area contributed by atoms with Gasteiger partial charge in [0.15, 0.2) is 0 Å². The van der Waals surface area contributed by atoms with Gasteiger partial charge in [0.05, 0.1) is 19.3 Å². The molecule has 0 atom stereocenters. The summed E-state index contributed by atoms with van der Waals surface area (Å²) in [5.74, 6) is 0.382. The number of β-amino-alcohol motifs (C(OH)–C–C–N with tert-alkyl or cyclic N) is 1. The molecule has 0 radical (unpaired) electrons. The highest BCUT2D eigenvalue weighted by Gasteiger charge is 2.52. The summed E-state index contributed by atoms with van der Waals surface area (Å²) in [6, 6.07) is 0. The predicted octanol–water partition coefficient (Wildman–Crippen LogP) is 0.417. The van der Waals surface area contributed by atoms with Gasteiger partial charge in [-0.25, -0.2) is 0 Å². The molecule has 1 aromatic rings. The summed E-state index contributed by atoms with van der Waals surface area (Å²) in [4.78, 5) is 13.5. The number of nitrogens with zero attached hydrogens (tertiary/aromatic N) is 3. The summed E-state index contributed by atoms with van der Waals surface area (Å²) in [6.07, 6.45) is 9.06. The normalized spacial score (nSPS) is 22.2. The average Bonchev–Trinajstić information content (AvgIpc) is 3.06. The third kappa shape index (κ3) is 2.06. The molecule has 5 heteroatoms. The van der Waals surface area contributed by atoms with Crippen molar-refractivity contribution in [3.8, 4) is 0 Å². The number of hydrogen-bond acceptors (Lipinski definition) is 3. The zero-order chi connectivity index (χ0) is 12.8. The van der Waals surface area contributed by atoms with Crippen molar-refractivity contribution < 1.29 is 9.90 Å². The van der Waals surface area contributed by atoms with Crippen LogP contribution in [0.15, 0.2) is 18.5 Å². The molecular formula is C13H17N3O2. The maximum Gasteiger partial charge on any atom is 0.246 e. The Labute approximate surface area is 106 Å². The van der Waals surface area contributed by atoms with Crippen molar-refractivity contribution >= 4 is 12.0 Å².